The maximum atomic E-state index is 10.2. The second-order valence-corrected chi connectivity index (χ2v) is 2.25. The summed E-state index contributed by atoms with van der Waals surface area (Å²) in [5.41, 5.74) is 0.869. The monoisotopic (exact) mass is 164 g/mol. The quantitative estimate of drug-likeness (QED) is 0.599. The van der Waals surface area contributed by atoms with E-state index >= 15 is 0 Å². The minimum atomic E-state index is 0.00917. The zero-order chi connectivity index (χ0) is 9.14. The summed E-state index contributed by atoms with van der Waals surface area (Å²) in [6.45, 7) is 3.58. The van der Waals surface area contributed by atoms with Gasteiger partial charge in [0.25, 0.3) is 0 Å². The smallest absolute Gasteiger partial charge is 0.141 e. The fourth-order valence-corrected chi connectivity index (χ4v) is 0.948. The van der Waals surface area contributed by atoms with Gasteiger partial charge in [0.1, 0.15) is 17.2 Å². The lowest BCUT2D eigenvalue weighted by Crippen LogP contribution is -2.10. The van der Waals surface area contributed by atoms with Crippen molar-refractivity contribution in [3.8, 4) is 0 Å². The highest BCUT2D eigenvalue weighted by Gasteiger charge is 2.17. The van der Waals surface area contributed by atoms with Gasteiger partial charge in [-0.2, -0.15) is 0 Å². The molecule has 0 atom stereocenters. The first kappa shape index (κ1) is 8.39. The molecule has 62 valence electrons. The predicted molar refractivity (Wildman–Crippen MR) is 47.1 cm³/mol. The Morgan fingerprint density at radius 3 is 2.67 bits per heavy atom. The molecule has 1 aliphatic rings. The molecule has 0 radical (unpaired) electrons. The van der Waals surface area contributed by atoms with Gasteiger partial charge >= 0.3 is 0 Å². The number of nitroso groups, excluding NO2 is 1. The summed E-state index contributed by atoms with van der Waals surface area (Å²) in [5, 5.41) is 12.0. The molecular formula is C8H8N2O2. The van der Waals surface area contributed by atoms with Crippen molar-refractivity contribution in [3.05, 3.63) is 40.7 Å². The standard InChI is InChI=1S/C8H8N2O2/c1-5-6(10-12)3-4-7(11)8(5)9-2/h3-4,11H,1H2,2H3/b9-8+. The van der Waals surface area contributed by atoms with Gasteiger partial charge in [0, 0.05) is 12.6 Å². The number of hydrogen-bond donors (Lipinski definition) is 1. The molecule has 1 aliphatic carbocycles. The molecule has 4 heteroatoms. The lowest BCUT2D eigenvalue weighted by atomic mass is 10.0. The van der Waals surface area contributed by atoms with Crippen molar-refractivity contribution >= 4 is 5.71 Å². The first-order valence-electron chi connectivity index (χ1n) is 3.31. The van der Waals surface area contributed by atoms with Crippen LogP contribution in [0.5, 0.6) is 0 Å². The van der Waals surface area contributed by atoms with Crippen LogP contribution in [0.2, 0.25) is 0 Å². The Morgan fingerprint density at radius 1 is 1.50 bits per heavy atom. The number of rotatable bonds is 1. The SMILES string of the molecule is C=C1C(N=O)=CC=C(O)/C1=N/C. The Bertz CT molecular complexity index is 320. The second kappa shape index (κ2) is 3.13. The highest BCUT2D eigenvalue weighted by molar-refractivity contribution is 6.14. The topological polar surface area (TPSA) is 62.0 Å². The van der Waals surface area contributed by atoms with E-state index in [0.29, 0.717) is 11.3 Å². The van der Waals surface area contributed by atoms with Crippen LogP contribution in [0.25, 0.3) is 0 Å². The van der Waals surface area contributed by atoms with Crippen molar-refractivity contribution in [2.24, 2.45) is 10.2 Å². The van der Waals surface area contributed by atoms with Crippen molar-refractivity contribution < 1.29 is 5.11 Å². The molecule has 12 heavy (non-hydrogen) atoms. The van der Waals surface area contributed by atoms with E-state index in [1.807, 2.05) is 0 Å². The fraction of sp³-hybridized carbons (Fsp3) is 0.125. The number of nitrogens with zero attached hydrogens (tertiary/aromatic N) is 2. The molecule has 0 saturated carbocycles. The lowest BCUT2D eigenvalue weighted by Gasteiger charge is -2.10. The average Bonchev–Trinajstić information content (AvgIpc) is 2.06. The first-order valence-corrected chi connectivity index (χ1v) is 3.31. The van der Waals surface area contributed by atoms with E-state index in [9.17, 15) is 10.0 Å². The minimum Gasteiger partial charge on any atom is -0.506 e. The van der Waals surface area contributed by atoms with Crippen LogP contribution in [0.15, 0.2) is 45.9 Å². The van der Waals surface area contributed by atoms with E-state index in [4.69, 9.17) is 0 Å². The van der Waals surface area contributed by atoms with Crippen LogP contribution in [0.1, 0.15) is 0 Å². The van der Waals surface area contributed by atoms with Gasteiger partial charge < -0.3 is 5.11 Å². The van der Waals surface area contributed by atoms with E-state index in [1.54, 1.807) is 0 Å². The first-order chi connectivity index (χ1) is 5.70. The summed E-state index contributed by atoms with van der Waals surface area (Å²) in [7, 11) is 1.51. The maximum Gasteiger partial charge on any atom is 0.141 e. The third-order valence-corrected chi connectivity index (χ3v) is 1.56. The molecule has 4 nitrogen and oxygen atoms in total. The molecule has 0 aliphatic heterocycles. The molecule has 0 saturated heterocycles. The van der Waals surface area contributed by atoms with Gasteiger partial charge in [0.2, 0.25) is 0 Å². The van der Waals surface area contributed by atoms with Crippen LogP contribution in [0.3, 0.4) is 0 Å². The molecule has 1 N–H and O–H groups in total. The van der Waals surface area contributed by atoms with Crippen LogP contribution in [-0.4, -0.2) is 17.9 Å². The van der Waals surface area contributed by atoms with Crippen LogP contribution in [0, 0.1) is 4.91 Å². The van der Waals surface area contributed by atoms with Crippen molar-refractivity contribution in [1.82, 2.24) is 0 Å². The van der Waals surface area contributed by atoms with E-state index in [1.165, 1.54) is 19.2 Å². The van der Waals surface area contributed by atoms with Crippen LogP contribution in [0.4, 0.5) is 0 Å². The number of aliphatic hydroxyl groups excluding tert-OH is 1. The van der Waals surface area contributed by atoms with Crippen LogP contribution < -0.4 is 0 Å². The number of aliphatic imine (C=N–C) groups is 1. The summed E-state index contributed by atoms with van der Waals surface area (Å²) in [5.74, 6) is 0.00917. The molecule has 0 heterocycles. The average molecular weight is 164 g/mol. The van der Waals surface area contributed by atoms with Crippen LogP contribution >= 0.6 is 0 Å². The van der Waals surface area contributed by atoms with Gasteiger partial charge in [0.15, 0.2) is 0 Å². The number of hydrogen-bond acceptors (Lipinski definition) is 4. The third-order valence-electron chi connectivity index (χ3n) is 1.56. The van der Waals surface area contributed by atoms with Gasteiger partial charge in [-0.05, 0) is 17.3 Å². The highest BCUT2D eigenvalue weighted by atomic mass is 16.3. The summed E-state index contributed by atoms with van der Waals surface area (Å²) in [4.78, 5) is 14.0. The van der Waals surface area contributed by atoms with Gasteiger partial charge in [-0.1, -0.05) is 6.58 Å². The molecule has 0 aromatic heterocycles. The van der Waals surface area contributed by atoms with Crippen molar-refractivity contribution in [2.45, 2.75) is 0 Å². The summed E-state index contributed by atoms with van der Waals surface area (Å²) >= 11 is 0. The van der Waals surface area contributed by atoms with Crippen molar-refractivity contribution in [3.63, 3.8) is 0 Å². The van der Waals surface area contributed by atoms with Gasteiger partial charge in [-0.25, -0.2) is 0 Å². The second-order valence-electron chi connectivity index (χ2n) is 2.25. The Morgan fingerprint density at radius 2 is 2.17 bits per heavy atom. The Labute approximate surface area is 69.6 Å². The molecule has 0 bridgehead atoms. The van der Waals surface area contributed by atoms with E-state index in [2.05, 4.69) is 16.7 Å². The summed E-state index contributed by atoms with van der Waals surface area (Å²) < 4.78 is 0. The predicted octanol–water partition coefficient (Wildman–Crippen LogP) is 1.72. The molecule has 0 aromatic rings. The van der Waals surface area contributed by atoms with Gasteiger partial charge in [-0.15, -0.1) is 4.91 Å². The van der Waals surface area contributed by atoms with E-state index < -0.39 is 0 Å². The van der Waals surface area contributed by atoms with Crippen molar-refractivity contribution in [2.75, 3.05) is 7.05 Å². The number of aliphatic hydroxyl groups is 1. The molecule has 1 rings (SSSR count). The Hall–Kier alpha value is -1.71. The van der Waals surface area contributed by atoms with Gasteiger partial charge in [0.05, 0.1) is 0 Å². The third kappa shape index (κ3) is 1.18. The largest absolute Gasteiger partial charge is 0.506 e. The fourth-order valence-electron chi connectivity index (χ4n) is 0.948. The maximum absolute atomic E-state index is 10.2. The highest BCUT2D eigenvalue weighted by Crippen LogP contribution is 2.19. The normalized spacial score (nSPS) is 20.4. The number of allylic oxidation sites excluding steroid dienone is 4. The van der Waals surface area contributed by atoms with E-state index in [0.717, 1.165) is 0 Å². The molecule has 0 amide bonds. The summed E-state index contributed by atoms with van der Waals surface area (Å²) in [6, 6.07) is 0. The molecular weight excluding hydrogens is 156 g/mol. The van der Waals surface area contributed by atoms with Crippen molar-refractivity contribution in [1.29, 1.82) is 0 Å². The van der Waals surface area contributed by atoms with E-state index in [-0.39, 0.29) is 11.5 Å². The molecule has 0 fully saturated rings. The molecule has 0 unspecified atom stereocenters. The zero-order valence-corrected chi connectivity index (χ0v) is 6.61. The van der Waals surface area contributed by atoms with Gasteiger partial charge in [-0.3, -0.25) is 4.99 Å². The summed E-state index contributed by atoms with van der Waals surface area (Å²) in [6.07, 6.45) is 2.77. The molecule has 0 spiro atoms. The zero-order valence-electron chi connectivity index (χ0n) is 6.61. The minimum absolute atomic E-state index is 0.00917. The lowest BCUT2D eigenvalue weighted by molar-refractivity contribution is 0.443. The Kier molecular flexibility index (Phi) is 2.19. The molecule has 0 aromatic carbocycles. The Balaban J connectivity index is 3.17. The van der Waals surface area contributed by atoms with Crippen LogP contribution in [-0.2, 0) is 0 Å².